The van der Waals surface area contributed by atoms with Crippen LogP contribution in [0.4, 0.5) is 5.69 Å². The van der Waals surface area contributed by atoms with Crippen LogP contribution in [0.25, 0.3) is 22.2 Å². The molecule has 1 aliphatic carbocycles. The number of carbonyl (C=O) groups is 2. The number of H-pyrrole nitrogens is 1. The Kier molecular flexibility index (Phi) is 7.63. The SMILES string of the molecule is C/C=C\C=C/CNC(=O)c1ccc2[nH]c(-c3ccc(NC(=O)C4CCC(C)CC4)cc3)cc2c1. The molecule has 1 aliphatic rings. The molecule has 0 atom stereocenters. The second-order valence-corrected chi connectivity index (χ2v) is 9.17. The van der Waals surface area contributed by atoms with Crippen LogP contribution < -0.4 is 10.6 Å². The lowest BCUT2D eigenvalue weighted by Crippen LogP contribution is -2.26. The van der Waals surface area contributed by atoms with E-state index < -0.39 is 0 Å². The lowest BCUT2D eigenvalue weighted by Gasteiger charge is -2.25. The number of rotatable bonds is 7. The Bertz CT molecular complexity index is 1200. The summed E-state index contributed by atoms with van der Waals surface area (Å²) in [6.07, 6.45) is 11.9. The van der Waals surface area contributed by atoms with Gasteiger partial charge in [0.25, 0.3) is 5.91 Å². The van der Waals surface area contributed by atoms with Gasteiger partial charge >= 0.3 is 0 Å². The molecule has 3 aromatic rings. The Morgan fingerprint density at radius 3 is 2.50 bits per heavy atom. The zero-order valence-electron chi connectivity index (χ0n) is 19.9. The van der Waals surface area contributed by atoms with Gasteiger partial charge in [-0.1, -0.05) is 43.4 Å². The average molecular weight is 456 g/mol. The van der Waals surface area contributed by atoms with E-state index in [9.17, 15) is 9.59 Å². The molecule has 4 rings (SSSR count). The molecule has 34 heavy (non-hydrogen) atoms. The number of amides is 2. The van der Waals surface area contributed by atoms with Crippen molar-refractivity contribution < 1.29 is 9.59 Å². The van der Waals surface area contributed by atoms with Crippen molar-refractivity contribution in [2.75, 3.05) is 11.9 Å². The smallest absolute Gasteiger partial charge is 0.251 e. The Labute approximate surface area is 201 Å². The molecule has 0 aliphatic heterocycles. The van der Waals surface area contributed by atoms with E-state index in [0.29, 0.717) is 12.1 Å². The van der Waals surface area contributed by atoms with Crippen LogP contribution in [0.1, 0.15) is 49.9 Å². The van der Waals surface area contributed by atoms with Crippen LogP contribution in [0.15, 0.2) is 72.8 Å². The first-order valence-corrected chi connectivity index (χ1v) is 12.1. The predicted octanol–water partition coefficient (Wildman–Crippen LogP) is 6.46. The molecule has 5 nitrogen and oxygen atoms in total. The molecular weight excluding hydrogens is 422 g/mol. The van der Waals surface area contributed by atoms with Gasteiger partial charge in [0, 0.05) is 40.3 Å². The summed E-state index contributed by atoms with van der Waals surface area (Å²) in [4.78, 5) is 28.5. The topological polar surface area (TPSA) is 74.0 Å². The van der Waals surface area contributed by atoms with E-state index in [1.54, 1.807) is 0 Å². The lowest BCUT2D eigenvalue weighted by atomic mass is 9.82. The number of aromatic amines is 1. The maximum Gasteiger partial charge on any atom is 0.251 e. The van der Waals surface area contributed by atoms with Crippen molar-refractivity contribution in [2.24, 2.45) is 11.8 Å². The molecule has 3 N–H and O–H groups in total. The summed E-state index contributed by atoms with van der Waals surface area (Å²) >= 11 is 0. The number of anilines is 1. The summed E-state index contributed by atoms with van der Waals surface area (Å²) in [6, 6.07) is 15.6. The normalized spacial score (nSPS) is 18.5. The first-order chi connectivity index (χ1) is 16.5. The standard InChI is InChI=1S/C29H33N3O2/c1-3-4-5-6-17-30-28(33)23-13-16-26-24(18-23)19-27(32-26)21-11-14-25(15-12-21)31-29(34)22-9-7-20(2)8-10-22/h3-6,11-16,18-20,22,32H,7-10,17H2,1-2H3,(H,30,33)(H,31,34)/b4-3-,6-5-. The minimum atomic E-state index is -0.0951. The molecule has 5 heteroatoms. The highest BCUT2D eigenvalue weighted by Crippen LogP contribution is 2.30. The first kappa shape index (κ1) is 23.6. The van der Waals surface area contributed by atoms with Crippen LogP contribution in [0.2, 0.25) is 0 Å². The van der Waals surface area contributed by atoms with E-state index >= 15 is 0 Å². The van der Waals surface area contributed by atoms with Crippen LogP contribution in [0.3, 0.4) is 0 Å². The summed E-state index contributed by atoms with van der Waals surface area (Å²) in [5.41, 5.74) is 4.43. The Morgan fingerprint density at radius 1 is 1.00 bits per heavy atom. The molecule has 2 amide bonds. The summed E-state index contributed by atoms with van der Waals surface area (Å²) < 4.78 is 0. The summed E-state index contributed by atoms with van der Waals surface area (Å²) in [5.74, 6) is 0.895. The van der Waals surface area contributed by atoms with Gasteiger partial charge in [0.2, 0.25) is 5.91 Å². The number of aromatic nitrogens is 1. The van der Waals surface area contributed by atoms with Crippen molar-refractivity contribution in [1.82, 2.24) is 10.3 Å². The van der Waals surface area contributed by atoms with Gasteiger partial charge in [-0.15, -0.1) is 0 Å². The fraction of sp³-hybridized carbons (Fsp3) is 0.310. The molecule has 0 saturated heterocycles. The van der Waals surface area contributed by atoms with Crippen LogP contribution in [0, 0.1) is 11.8 Å². The molecular formula is C29H33N3O2. The van der Waals surface area contributed by atoms with E-state index in [-0.39, 0.29) is 17.7 Å². The van der Waals surface area contributed by atoms with Gasteiger partial charge < -0.3 is 15.6 Å². The summed E-state index contributed by atoms with van der Waals surface area (Å²) in [7, 11) is 0. The molecule has 0 spiro atoms. The van der Waals surface area contributed by atoms with Crippen molar-refractivity contribution in [3.05, 3.63) is 78.4 Å². The molecule has 176 valence electrons. The van der Waals surface area contributed by atoms with Crippen LogP contribution >= 0.6 is 0 Å². The third kappa shape index (κ3) is 5.84. The lowest BCUT2D eigenvalue weighted by molar-refractivity contribution is -0.121. The van der Waals surface area contributed by atoms with E-state index in [2.05, 4.69) is 28.6 Å². The van der Waals surface area contributed by atoms with Crippen molar-refractivity contribution in [1.29, 1.82) is 0 Å². The molecule has 1 heterocycles. The Balaban J connectivity index is 1.40. The largest absolute Gasteiger partial charge is 0.355 e. The number of allylic oxidation sites excluding steroid dienone is 3. The van der Waals surface area contributed by atoms with E-state index in [1.807, 2.05) is 73.7 Å². The van der Waals surface area contributed by atoms with E-state index in [0.717, 1.165) is 59.4 Å². The molecule has 0 unspecified atom stereocenters. The van der Waals surface area contributed by atoms with Gasteiger partial charge in [0.1, 0.15) is 0 Å². The predicted molar refractivity (Wildman–Crippen MR) is 140 cm³/mol. The number of nitrogens with one attached hydrogen (secondary N) is 3. The van der Waals surface area contributed by atoms with Gasteiger partial charge in [0.15, 0.2) is 0 Å². The third-order valence-corrected chi connectivity index (χ3v) is 6.55. The number of fused-ring (bicyclic) bond motifs is 1. The number of hydrogen-bond acceptors (Lipinski definition) is 2. The molecule has 1 aromatic heterocycles. The van der Waals surface area contributed by atoms with Crippen molar-refractivity contribution in [2.45, 2.75) is 39.5 Å². The summed E-state index contributed by atoms with van der Waals surface area (Å²) in [5, 5.41) is 6.96. The zero-order valence-corrected chi connectivity index (χ0v) is 19.9. The van der Waals surface area contributed by atoms with Gasteiger partial charge in [0.05, 0.1) is 0 Å². The average Bonchev–Trinajstić information content (AvgIpc) is 3.28. The second-order valence-electron chi connectivity index (χ2n) is 9.17. The highest BCUT2D eigenvalue weighted by Gasteiger charge is 2.24. The van der Waals surface area contributed by atoms with Gasteiger partial charge in [-0.3, -0.25) is 9.59 Å². The Morgan fingerprint density at radius 2 is 1.76 bits per heavy atom. The van der Waals surface area contributed by atoms with Gasteiger partial charge in [-0.25, -0.2) is 0 Å². The minimum Gasteiger partial charge on any atom is -0.355 e. The molecule has 1 saturated carbocycles. The molecule has 1 fully saturated rings. The zero-order chi connectivity index (χ0) is 23.9. The first-order valence-electron chi connectivity index (χ1n) is 12.1. The Hall–Kier alpha value is -3.60. The van der Waals surface area contributed by atoms with Crippen molar-refractivity contribution in [3.63, 3.8) is 0 Å². The number of carbonyl (C=O) groups excluding carboxylic acids is 2. The quantitative estimate of drug-likeness (QED) is 0.358. The number of hydrogen-bond donors (Lipinski definition) is 3. The van der Waals surface area contributed by atoms with Crippen LogP contribution in [-0.2, 0) is 4.79 Å². The van der Waals surface area contributed by atoms with Gasteiger partial charge in [-0.05, 0) is 80.5 Å². The highest BCUT2D eigenvalue weighted by molar-refractivity contribution is 5.99. The second kappa shape index (κ2) is 11.0. The van der Waals surface area contributed by atoms with Crippen molar-refractivity contribution >= 4 is 28.4 Å². The highest BCUT2D eigenvalue weighted by atomic mass is 16.2. The van der Waals surface area contributed by atoms with Crippen LogP contribution in [0.5, 0.6) is 0 Å². The monoisotopic (exact) mass is 455 g/mol. The number of benzene rings is 2. The fourth-order valence-corrected chi connectivity index (χ4v) is 4.44. The maximum atomic E-state index is 12.6. The molecule has 2 aromatic carbocycles. The maximum absolute atomic E-state index is 12.6. The summed E-state index contributed by atoms with van der Waals surface area (Å²) in [6.45, 7) is 4.70. The molecule has 0 bridgehead atoms. The molecule has 0 radical (unpaired) electrons. The van der Waals surface area contributed by atoms with E-state index in [1.165, 1.54) is 0 Å². The van der Waals surface area contributed by atoms with Crippen molar-refractivity contribution in [3.8, 4) is 11.3 Å². The third-order valence-electron chi connectivity index (χ3n) is 6.55. The van der Waals surface area contributed by atoms with Gasteiger partial charge in [-0.2, -0.15) is 0 Å². The fourth-order valence-electron chi connectivity index (χ4n) is 4.44. The van der Waals surface area contributed by atoms with Crippen LogP contribution in [-0.4, -0.2) is 23.3 Å². The minimum absolute atomic E-state index is 0.0951. The van der Waals surface area contributed by atoms with E-state index in [4.69, 9.17) is 0 Å².